The summed E-state index contributed by atoms with van der Waals surface area (Å²) in [6.45, 7) is 5.46. The van der Waals surface area contributed by atoms with Crippen LogP contribution in [-0.4, -0.2) is 35.6 Å². The van der Waals surface area contributed by atoms with Crippen LogP contribution >= 0.6 is 11.6 Å². The molecule has 0 aliphatic heterocycles. The van der Waals surface area contributed by atoms with Crippen molar-refractivity contribution in [1.29, 1.82) is 0 Å². The number of ether oxygens (including phenoxy) is 1. The van der Waals surface area contributed by atoms with Crippen molar-refractivity contribution in [3.63, 3.8) is 0 Å². The van der Waals surface area contributed by atoms with Gasteiger partial charge in [-0.1, -0.05) is 12.8 Å². The second-order valence-corrected chi connectivity index (χ2v) is 6.11. The standard InChI is InChI=1S/C13H23ClN2O3/c1-13(2,3)19-12(18)16-10-7-5-4-6-9(10)15-11(17)8-14/h9-10H,4-8H2,1-3H3,(H,15,17)(H,16,18). The number of amides is 2. The molecule has 19 heavy (non-hydrogen) atoms. The van der Waals surface area contributed by atoms with Crippen molar-refractivity contribution in [3.8, 4) is 0 Å². The minimum absolute atomic E-state index is 0.0599. The molecule has 1 aliphatic carbocycles. The zero-order valence-corrected chi connectivity index (χ0v) is 12.5. The average Bonchev–Trinajstić information content (AvgIpc) is 2.29. The third kappa shape index (κ3) is 6.14. The lowest BCUT2D eigenvalue weighted by Gasteiger charge is -2.33. The monoisotopic (exact) mass is 290 g/mol. The van der Waals surface area contributed by atoms with Crippen LogP contribution in [0.25, 0.3) is 0 Å². The number of halogens is 1. The zero-order chi connectivity index (χ0) is 14.5. The molecule has 0 spiro atoms. The van der Waals surface area contributed by atoms with Crippen molar-refractivity contribution in [1.82, 2.24) is 10.6 Å². The van der Waals surface area contributed by atoms with Crippen LogP contribution in [0.4, 0.5) is 4.79 Å². The number of alkyl carbamates (subject to hydrolysis) is 1. The predicted molar refractivity (Wildman–Crippen MR) is 74.3 cm³/mol. The number of alkyl halides is 1. The summed E-state index contributed by atoms with van der Waals surface area (Å²) in [5, 5.41) is 5.68. The van der Waals surface area contributed by atoms with Crippen molar-refractivity contribution in [2.75, 3.05) is 5.88 Å². The second kappa shape index (κ2) is 6.98. The fraction of sp³-hybridized carbons (Fsp3) is 0.846. The van der Waals surface area contributed by atoms with Gasteiger partial charge in [-0.3, -0.25) is 4.79 Å². The first-order valence-corrected chi connectivity index (χ1v) is 7.20. The molecule has 0 heterocycles. The molecule has 2 atom stereocenters. The van der Waals surface area contributed by atoms with Gasteiger partial charge in [-0.2, -0.15) is 0 Å². The molecule has 1 saturated carbocycles. The van der Waals surface area contributed by atoms with E-state index in [1.165, 1.54) is 0 Å². The third-order valence-corrected chi connectivity index (χ3v) is 3.18. The van der Waals surface area contributed by atoms with Crippen molar-refractivity contribution in [2.24, 2.45) is 0 Å². The maximum absolute atomic E-state index is 11.8. The summed E-state index contributed by atoms with van der Waals surface area (Å²) in [6, 6.07) is -0.150. The second-order valence-electron chi connectivity index (χ2n) is 5.84. The number of hydrogen-bond acceptors (Lipinski definition) is 3. The first-order valence-electron chi connectivity index (χ1n) is 6.66. The Labute approximate surface area is 119 Å². The Morgan fingerprint density at radius 3 is 2.16 bits per heavy atom. The number of carbonyl (C=O) groups excluding carboxylic acids is 2. The van der Waals surface area contributed by atoms with E-state index < -0.39 is 11.7 Å². The minimum Gasteiger partial charge on any atom is -0.444 e. The van der Waals surface area contributed by atoms with E-state index in [2.05, 4.69) is 10.6 Å². The van der Waals surface area contributed by atoms with Crippen molar-refractivity contribution in [3.05, 3.63) is 0 Å². The summed E-state index contributed by atoms with van der Waals surface area (Å²) in [5.41, 5.74) is -0.520. The fourth-order valence-electron chi connectivity index (χ4n) is 2.18. The Morgan fingerprint density at radius 1 is 1.16 bits per heavy atom. The maximum atomic E-state index is 11.8. The van der Waals surface area contributed by atoms with Gasteiger partial charge in [0.1, 0.15) is 11.5 Å². The Bertz CT molecular complexity index is 328. The molecule has 6 heteroatoms. The highest BCUT2D eigenvalue weighted by molar-refractivity contribution is 6.27. The molecule has 0 aromatic heterocycles. The van der Waals surface area contributed by atoms with Gasteiger partial charge in [0.05, 0.1) is 6.04 Å². The SMILES string of the molecule is CC(C)(C)OC(=O)NC1CCCCC1NC(=O)CCl. The van der Waals surface area contributed by atoms with Crippen LogP contribution in [0.1, 0.15) is 46.5 Å². The molecular formula is C13H23ClN2O3. The lowest BCUT2D eigenvalue weighted by Crippen LogP contribution is -2.54. The first kappa shape index (κ1) is 16.1. The maximum Gasteiger partial charge on any atom is 0.407 e. The Kier molecular flexibility index (Phi) is 5.91. The van der Waals surface area contributed by atoms with Crippen LogP contribution in [0.15, 0.2) is 0 Å². The van der Waals surface area contributed by atoms with Gasteiger partial charge in [-0.15, -0.1) is 11.6 Å². The molecule has 1 rings (SSSR count). The number of carbonyl (C=O) groups is 2. The summed E-state index contributed by atoms with van der Waals surface area (Å²) in [7, 11) is 0. The van der Waals surface area contributed by atoms with E-state index >= 15 is 0 Å². The van der Waals surface area contributed by atoms with Gasteiger partial charge in [0.2, 0.25) is 5.91 Å². The average molecular weight is 291 g/mol. The molecule has 1 fully saturated rings. The fourth-order valence-corrected chi connectivity index (χ4v) is 2.26. The highest BCUT2D eigenvalue weighted by Crippen LogP contribution is 2.19. The van der Waals surface area contributed by atoms with E-state index in [1.807, 2.05) is 20.8 Å². The van der Waals surface area contributed by atoms with Crippen LogP contribution in [0.3, 0.4) is 0 Å². The lowest BCUT2D eigenvalue weighted by molar-refractivity contribution is -0.119. The first-order chi connectivity index (χ1) is 8.81. The molecule has 0 radical (unpaired) electrons. The highest BCUT2D eigenvalue weighted by atomic mass is 35.5. The normalized spacial score (nSPS) is 23.6. The van der Waals surface area contributed by atoms with Gasteiger partial charge in [-0.05, 0) is 33.6 Å². The Morgan fingerprint density at radius 2 is 1.68 bits per heavy atom. The van der Waals surface area contributed by atoms with Gasteiger partial charge in [-0.25, -0.2) is 4.79 Å². The topological polar surface area (TPSA) is 67.4 Å². The highest BCUT2D eigenvalue weighted by Gasteiger charge is 2.29. The zero-order valence-electron chi connectivity index (χ0n) is 11.8. The van der Waals surface area contributed by atoms with E-state index in [-0.39, 0.29) is 23.9 Å². The summed E-state index contributed by atoms with van der Waals surface area (Å²) in [5.74, 6) is -0.264. The van der Waals surface area contributed by atoms with Crippen molar-refractivity contribution >= 4 is 23.6 Å². The smallest absolute Gasteiger partial charge is 0.407 e. The molecule has 0 aromatic rings. The van der Waals surface area contributed by atoms with Crippen molar-refractivity contribution < 1.29 is 14.3 Å². The minimum atomic E-state index is -0.520. The molecule has 0 aromatic carbocycles. The number of rotatable bonds is 3. The van der Waals surface area contributed by atoms with Gasteiger partial charge in [0.15, 0.2) is 0 Å². The Hall–Kier alpha value is -0.970. The van der Waals surface area contributed by atoms with Crippen LogP contribution in [0, 0.1) is 0 Å². The lowest BCUT2D eigenvalue weighted by atomic mass is 9.90. The molecule has 2 amide bonds. The van der Waals surface area contributed by atoms with Crippen molar-refractivity contribution in [2.45, 2.75) is 64.1 Å². The predicted octanol–water partition coefficient (Wildman–Crippen LogP) is 2.18. The Balaban J connectivity index is 2.52. The van der Waals surface area contributed by atoms with Gasteiger partial charge in [0, 0.05) is 6.04 Å². The molecule has 0 bridgehead atoms. The van der Waals surface area contributed by atoms with E-state index in [1.54, 1.807) is 0 Å². The molecular weight excluding hydrogens is 268 g/mol. The van der Waals surface area contributed by atoms with Gasteiger partial charge in [0.25, 0.3) is 0 Å². The van der Waals surface area contributed by atoms with E-state index in [4.69, 9.17) is 16.3 Å². The summed E-state index contributed by atoms with van der Waals surface area (Å²) in [4.78, 5) is 23.1. The van der Waals surface area contributed by atoms with E-state index in [9.17, 15) is 9.59 Å². The van der Waals surface area contributed by atoms with Crippen LogP contribution in [0.2, 0.25) is 0 Å². The van der Waals surface area contributed by atoms with Crippen LogP contribution in [-0.2, 0) is 9.53 Å². The molecule has 2 unspecified atom stereocenters. The molecule has 2 N–H and O–H groups in total. The summed E-state index contributed by atoms with van der Waals surface area (Å²) >= 11 is 5.49. The molecule has 5 nitrogen and oxygen atoms in total. The van der Waals surface area contributed by atoms with Gasteiger partial charge < -0.3 is 15.4 Å². The number of hydrogen-bond donors (Lipinski definition) is 2. The third-order valence-electron chi connectivity index (χ3n) is 2.94. The van der Waals surface area contributed by atoms with E-state index in [0.29, 0.717) is 0 Å². The van der Waals surface area contributed by atoms with Crippen LogP contribution < -0.4 is 10.6 Å². The number of nitrogens with one attached hydrogen (secondary N) is 2. The molecule has 1 aliphatic rings. The quantitative estimate of drug-likeness (QED) is 0.783. The summed E-state index contributed by atoms with van der Waals surface area (Å²) < 4.78 is 5.23. The van der Waals surface area contributed by atoms with E-state index in [0.717, 1.165) is 25.7 Å². The molecule has 0 saturated heterocycles. The summed E-state index contributed by atoms with van der Waals surface area (Å²) in [6.07, 6.45) is 3.33. The van der Waals surface area contributed by atoms with Crippen LogP contribution in [0.5, 0.6) is 0 Å². The molecule has 110 valence electrons. The largest absolute Gasteiger partial charge is 0.444 e. The van der Waals surface area contributed by atoms with Gasteiger partial charge >= 0.3 is 6.09 Å².